The monoisotopic (exact) mass is 423 g/mol. The second-order valence-electron chi connectivity index (χ2n) is 7.84. The zero-order valence-electron chi connectivity index (χ0n) is 18.6. The highest BCUT2D eigenvalue weighted by Gasteiger charge is 2.26. The van der Waals surface area contributed by atoms with E-state index in [-0.39, 0.29) is 5.75 Å². The van der Waals surface area contributed by atoms with Crippen molar-refractivity contribution in [3.63, 3.8) is 0 Å². The molecular formula is C21H45NO5S. The van der Waals surface area contributed by atoms with Gasteiger partial charge >= 0.3 is 0 Å². The zero-order chi connectivity index (χ0) is 21.1. The topological polar surface area (TPSA) is 75.7 Å². The smallest absolute Gasteiger partial charge is 0.102 e. The molecule has 0 heterocycles. The summed E-state index contributed by atoms with van der Waals surface area (Å²) in [6, 6.07) is 0. The molecule has 0 amide bonds. The van der Waals surface area contributed by atoms with Crippen molar-refractivity contribution >= 4 is 10.1 Å². The normalized spacial score (nSPS) is 12.6. The first-order valence-electron chi connectivity index (χ1n) is 11.3. The Kier molecular flexibility index (Phi) is 17.5. The lowest BCUT2D eigenvalue weighted by molar-refractivity contribution is -0.929. The van der Waals surface area contributed by atoms with E-state index >= 15 is 0 Å². The Morgan fingerprint density at radius 1 is 0.643 bits per heavy atom. The molecule has 0 rings (SSSR count). The summed E-state index contributed by atoms with van der Waals surface area (Å²) in [5.41, 5.74) is 0. The molecule has 0 aromatic rings. The summed E-state index contributed by atoms with van der Waals surface area (Å²) in [4.78, 5) is 0. The second-order valence-corrected chi connectivity index (χ2v) is 9.37. The number of hydrogen-bond donors (Lipinski definition) is 0. The minimum atomic E-state index is -4.11. The Morgan fingerprint density at radius 3 is 1.61 bits per heavy atom. The van der Waals surface area contributed by atoms with Crippen molar-refractivity contribution < 1.29 is 26.9 Å². The molecule has 0 saturated heterocycles. The maximum absolute atomic E-state index is 10.9. The molecule has 6 nitrogen and oxygen atoms in total. The van der Waals surface area contributed by atoms with E-state index in [2.05, 4.69) is 20.8 Å². The molecule has 0 saturated carbocycles. The predicted octanol–water partition coefficient (Wildman–Crippen LogP) is 3.95. The molecule has 0 N–H and O–H groups in total. The maximum Gasteiger partial charge on any atom is 0.102 e. The first kappa shape index (κ1) is 27.8. The fourth-order valence-electron chi connectivity index (χ4n) is 3.52. The molecular weight excluding hydrogens is 378 g/mol. The largest absolute Gasteiger partial charge is 0.748 e. The van der Waals surface area contributed by atoms with Crippen molar-refractivity contribution in [3.8, 4) is 0 Å². The van der Waals surface area contributed by atoms with Crippen LogP contribution >= 0.6 is 0 Å². The van der Waals surface area contributed by atoms with Gasteiger partial charge in [0.25, 0.3) is 0 Å². The van der Waals surface area contributed by atoms with Gasteiger partial charge in [-0.1, -0.05) is 33.6 Å². The maximum atomic E-state index is 10.9. The van der Waals surface area contributed by atoms with Gasteiger partial charge in [0.05, 0.1) is 49.6 Å². The number of hydrogen-bond acceptors (Lipinski definition) is 5. The minimum absolute atomic E-state index is 0.248. The molecule has 0 aliphatic carbocycles. The molecule has 0 aromatic heterocycles. The fourth-order valence-corrected chi connectivity index (χ4v) is 4.07. The average molecular weight is 424 g/mol. The SMILES string of the molecule is CCCCC[N+](CCCCC)(CCCCS(=O)(=O)[O-])CCOCCOCCC. The van der Waals surface area contributed by atoms with Crippen LogP contribution in [0.1, 0.15) is 78.6 Å². The van der Waals surface area contributed by atoms with E-state index in [4.69, 9.17) is 9.47 Å². The highest BCUT2D eigenvalue weighted by Crippen LogP contribution is 2.16. The standard InChI is InChI=1S/C21H45NO5S/c1-4-7-9-13-22(14-10-8-5-2,15-11-12-21-28(23,24)25)16-18-27-20-19-26-17-6-3/h4-21H2,1-3H3. The van der Waals surface area contributed by atoms with E-state index in [1.54, 1.807) is 0 Å². The Balaban J connectivity index is 4.66. The highest BCUT2D eigenvalue weighted by molar-refractivity contribution is 7.85. The van der Waals surface area contributed by atoms with Crippen molar-refractivity contribution in [1.29, 1.82) is 0 Å². The quantitative estimate of drug-likeness (QED) is 0.159. The van der Waals surface area contributed by atoms with Crippen LogP contribution in [-0.4, -0.2) is 75.8 Å². The molecule has 0 aromatic carbocycles. The van der Waals surface area contributed by atoms with Crippen LogP contribution in [0, 0.1) is 0 Å². The summed E-state index contributed by atoms with van der Waals surface area (Å²) in [5, 5.41) is 0. The molecule has 0 unspecified atom stereocenters. The van der Waals surface area contributed by atoms with E-state index in [9.17, 15) is 13.0 Å². The molecule has 0 spiro atoms. The minimum Gasteiger partial charge on any atom is -0.748 e. The van der Waals surface area contributed by atoms with Crippen molar-refractivity contribution in [2.45, 2.75) is 78.6 Å². The zero-order valence-corrected chi connectivity index (χ0v) is 19.4. The van der Waals surface area contributed by atoms with Gasteiger partial charge in [0.1, 0.15) is 6.54 Å². The van der Waals surface area contributed by atoms with Gasteiger partial charge in [-0.05, 0) is 44.9 Å². The van der Waals surface area contributed by atoms with Crippen molar-refractivity contribution in [2.75, 3.05) is 58.4 Å². The molecule has 0 fully saturated rings. The van der Waals surface area contributed by atoms with E-state index < -0.39 is 10.1 Å². The fraction of sp³-hybridized carbons (Fsp3) is 1.00. The second kappa shape index (κ2) is 17.6. The third-order valence-corrected chi connectivity index (χ3v) is 5.97. The summed E-state index contributed by atoms with van der Waals surface area (Å²) < 4.78 is 45.0. The molecule has 28 heavy (non-hydrogen) atoms. The van der Waals surface area contributed by atoms with Crippen LogP contribution in [0.25, 0.3) is 0 Å². The number of unbranched alkanes of at least 4 members (excludes halogenated alkanes) is 5. The average Bonchev–Trinajstić information content (AvgIpc) is 2.64. The molecule has 0 bridgehead atoms. The third kappa shape index (κ3) is 16.7. The van der Waals surface area contributed by atoms with E-state index in [0.29, 0.717) is 26.2 Å². The van der Waals surface area contributed by atoms with Gasteiger partial charge in [-0.15, -0.1) is 0 Å². The lowest BCUT2D eigenvalue weighted by atomic mass is 10.1. The van der Waals surface area contributed by atoms with Gasteiger partial charge < -0.3 is 18.5 Å². The van der Waals surface area contributed by atoms with Crippen LogP contribution in [-0.2, 0) is 19.6 Å². The Morgan fingerprint density at radius 2 is 1.14 bits per heavy atom. The van der Waals surface area contributed by atoms with Crippen molar-refractivity contribution in [3.05, 3.63) is 0 Å². The van der Waals surface area contributed by atoms with E-state index in [0.717, 1.165) is 50.1 Å². The number of nitrogens with zero attached hydrogens (tertiary/aromatic N) is 1. The van der Waals surface area contributed by atoms with Gasteiger partial charge in [0, 0.05) is 12.4 Å². The summed E-state index contributed by atoms with van der Waals surface area (Å²) in [7, 11) is -4.11. The molecule has 0 atom stereocenters. The van der Waals surface area contributed by atoms with Crippen LogP contribution in [0.3, 0.4) is 0 Å². The Labute approximate surface area is 174 Å². The van der Waals surface area contributed by atoms with Crippen LogP contribution in [0.15, 0.2) is 0 Å². The van der Waals surface area contributed by atoms with E-state index in [1.807, 2.05) is 0 Å². The van der Waals surface area contributed by atoms with Gasteiger partial charge in [0.15, 0.2) is 0 Å². The molecule has 7 heteroatoms. The van der Waals surface area contributed by atoms with Crippen LogP contribution in [0.4, 0.5) is 0 Å². The lowest BCUT2D eigenvalue weighted by Gasteiger charge is -2.39. The van der Waals surface area contributed by atoms with Gasteiger partial charge in [-0.25, -0.2) is 8.42 Å². The molecule has 0 aliphatic heterocycles. The van der Waals surface area contributed by atoms with Crippen molar-refractivity contribution in [1.82, 2.24) is 0 Å². The summed E-state index contributed by atoms with van der Waals surface area (Å²) in [6.45, 7) is 13.4. The lowest BCUT2D eigenvalue weighted by Crippen LogP contribution is -2.52. The van der Waals surface area contributed by atoms with Gasteiger partial charge in [0.2, 0.25) is 0 Å². The first-order chi connectivity index (χ1) is 13.4. The summed E-state index contributed by atoms with van der Waals surface area (Å²) in [6.07, 6.45) is 9.43. The van der Waals surface area contributed by atoms with Crippen LogP contribution in [0.5, 0.6) is 0 Å². The molecule has 0 aliphatic rings. The van der Waals surface area contributed by atoms with Crippen LogP contribution < -0.4 is 0 Å². The Bertz CT molecular complexity index is 432. The number of rotatable bonds is 21. The molecule has 170 valence electrons. The Hall–Kier alpha value is -0.210. The third-order valence-electron chi connectivity index (χ3n) is 5.18. The predicted molar refractivity (Wildman–Crippen MR) is 115 cm³/mol. The highest BCUT2D eigenvalue weighted by atomic mass is 32.2. The first-order valence-corrected chi connectivity index (χ1v) is 12.9. The van der Waals surface area contributed by atoms with Gasteiger partial charge in [-0.3, -0.25) is 0 Å². The number of ether oxygens (including phenoxy) is 2. The van der Waals surface area contributed by atoms with Crippen LogP contribution in [0.2, 0.25) is 0 Å². The summed E-state index contributed by atoms with van der Waals surface area (Å²) in [5.74, 6) is -0.248. The number of quaternary nitrogens is 1. The summed E-state index contributed by atoms with van der Waals surface area (Å²) >= 11 is 0. The van der Waals surface area contributed by atoms with Crippen molar-refractivity contribution in [2.24, 2.45) is 0 Å². The van der Waals surface area contributed by atoms with E-state index in [1.165, 1.54) is 38.5 Å². The molecule has 0 radical (unpaired) electrons. The van der Waals surface area contributed by atoms with Gasteiger partial charge in [-0.2, -0.15) is 0 Å².